The second kappa shape index (κ2) is 17.4. The Morgan fingerprint density at radius 2 is 1.78 bits per heavy atom. The molecule has 1 atom stereocenters. The fourth-order valence-corrected chi connectivity index (χ4v) is 4.59. The molecule has 0 aliphatic heterocycles. The van der Waals surface area contributed by atoms with Crippen LogP contribution >= 0.6 is 0 Å². The summed E-state index contributed by atoms with van der Waals surface area (Å²) in [7, 11) is 1.49. The fraction of sp³-hybridized carbons (Fsp3) is 0.389. The summed E-state index contributed by atoms with van der Waals surface area (Å²) in [5.74, 6) is 0.750. The molecule has 0 saturated heterocycles. The highest BCUT2D eigenvalue weighted by molar-refractivity contribution is 5.95. The fourth-order valence-electron chi connectivity index (χ4n) is 4.59. The van der Waals surface area contributed by atoms with Crippen molar-refractivity contribution in [1.82, 2.24) is 9.78 Å². The highest BCUT2D eigenvalue weighted by Crippen LogP contribution is 2.40. The average molecular weight is 627 g/mol. The van der Waals surface area contributed by atoms with Gasteiger partial charge in [-0.25, -0.2) is 9.07 Å². The van der Waals surface area contributed by atoms with Crippen LogP contribution in [-0.4, -0.2) is 27.8 Å². The van der Waals surface area contributed by atoms with Crippen LogP contribution in [0.4, 0.5) is 17.6 Å². The number of methoxy groups -OCH3 is 1. The van der Waals surface area contributed by atoms with Crippen LogP contribution in [0, 0.1) is 31.5 Å². The number of aliphatic hydroxyl groups is 1. The Morgan fingerprint density at radius 3 is 2.31 bits per heavy atom. The third kappa shape index (κ3) is 11.1. The van der Waals surface area contributed by atoms with E-state index in [2.05, 4.69) is 17.9 Å². The standard InChI is InChI=1S/C19H25FO.C15H15F3N2O2.C2H2/c1-3-4-5-6-12-19(21,13-11-16-7-8-16)17-9-10-18(20)15(2)14-17;1-3-4-13(21)12-9-14(15(16,17)18)19-20(12)10-5-7-11(22-2)8-6-10;1-2/h3-6,9-10,14,16,21H,7-8,11-13H2,1-2H3;5-9H,3-4H2,1-2H3;1-2H/b4-3-,6-5-;;. The summed E-state index contributed by atoms with van der Waals surface area (Å²) in [6.07, 6.45) is 16.9. The van der Waals surface area contributed by atoms with Gasteiger partial charge in [-0.3, -0.25) is 4.79 Å². The molecule has 1 heterocycles. The molecule has 1 aliphatic rings. The van der Waals surface area contributed by atoms with Crippen molar-refractivity contribution in [2.45, 2.75) is 77.5 Å². The molecule has 0 spiro atoms. The van der Waals surface area contributed by atoms with Crippen molar-refractivity contribution in [3.8, 4) is 24.3 Å². The van der Waals surface area contributed by atoms with E-state index in [-0.39, 0.29) is 23.7 Å². The van der Waals surface area contributed by atoms with Crippen LogP contribution in [0.2, 0.25) is 0 Å². The molecule has 0 radical (unpaired) electrons. The predicted molar refractivity (Wildman–Crippen MR) is 170 cm³/mol. The first-order valence-electron chi connectivity index (χ1n) is 14.9. The van der Waals surface area contributed by atoms with Crippen molar-refractivity contribution in [3.63, 3.8) is 0 Å². The molecule has 1 aromatic heterocycles. The molecule has 5 nitrogen and oxygen atoms in total. The monoisotopic (exact) mass is 626 g/mol. The van der Waals surface area contributed by atoms with Crippen molar-refractivity contribution in [2.24, 2.45) is 5.92 Å². The number of nitrogens with zero attached hydrogens (tertiary/aromatic N) is 2. The van der Waals surface area contributed by atoms with Crippen LogP contribution in [0.15, 0.2) is 72.8 Å². The maximum atomic E-state index is 13.5. The van der Waals surface area contributed by atoms with Gasteiger partial charge < -0.3 is 9.84 Å². The molecule has 3 aromatic rings. The van der Waals surface area contributed by atoms with Crippen LogP contribution < -0.4 is 4.74 Å². The molecule has 1 N–H and O–H groups in total. The molecule has 242 valence electrons. The SMILES string of the molecule is C#C.C/C=C\C=C/CC(O)(CCC1CC1)c1ccc(F)c(C)c1.CCCC(=O)c1cc(C(F)(F)F)nn1-c1ccc(OC)cc1. The van der Waals surface area contributed by atoms with Gasteiger partial charge in [0.2, 0.25) is 0 Å². The summed E-state index contributed by atoms with van der Waals surface area (Å²) in [6, 6.07) is 12.1. The van der Waals surface area contributed by atoms with Gasteiger partial charge >= 0.3 is 6.18 Å². The van der Waals surface area contributed by atoms with E-state index in [4.69, 9.17) is 4.74 Å². The number of rotatable bonds is 12. The zero-order valence-electron chi connectivity index (χ0n) is 26.3. The van der Waals surface area contributed by atoms with E-state index in [0.717, 1.165) is 35.1 Å². The van der Waals surface area contributed by atoms with Gasteiger partial charge in [-0.15, -0.1) is 12.8 Å². The lowest BCUT2D eigenvalue weighted by Crippen LogP contribution is -2.25. The van der Waals surface area contributed by atoms with E-state index in [1.54, 1.807) is 50.2 Å². The molecule has 1 unspecified atom stereocenters. The van der Waals surface area contributed by atoms with Gasteiger partial charge in [0.25, 0.3) is 0 Å². The Kier molecular flexibility index (Phi) is 14.3. The third-order valence-corrected chi connectivity index (χ3v) is 7.33. The number of ketones is 1. The van der Waals surface area contributed by atoms with Gasteiger partial charge in [-0.2, -0.15) is 18.3 Å². The van der Waals surface area contributed by atoms with E-state index in [1.165, 1.54) is 26.0 Å². The summed E-state index contributed by atoms with van der Waals surface area (Å²) in [5.41, 5.74) is -0.251. The lowest BCUT2D eigenvalue weighted by atomic mass is 9.84. The molecule has 0 bridgehead atoms. The lowest BCUT2D eigenvalue weighted by Gasteiger charge is -2.28. The van der Waals surface area contributed by atoms with Gasteiger partial charge in [0.15, 0.2) is 11.5 Å². The van der Waals surface area contributed by atoms with Crippen LogP contribution in [0.5, 0.6) is 5.75 Å². The summed E-state index contributed by atoms with van der Waals surface area (Å²) >= 11 is 0. The number of hydrogen-bond donors (Lipinski definition) is 1. The number of ether oxygens (including phenoxy) is 1. The van der Waals surface area contributed by atoms with E-state index >= 15 is 0 Å². The van der Waals surface area contributed by atoms with E-state index in [0.29, 0.717) is 29.8 Å². The molecule has 4 rings (SSSR count). The van der Waals surface area contributed by atoms with Crippen molar-refractivity contribution in [2.75, 3.05) is 7.11 Å². The largest absolute Gasteiger partial charge is 0.497 e. The molecular weight excluding hydrogens is 584 g/mol. The summed E-state index contributed by atoms with van der Waals surface area (Å²) in [4.78, 5) is 12.0. The van der Waals surface area contributed by atoms with Crippen molar-refractivity contribution in [3.05, 3.63) is 101 Å². The number of halogens is 4. The Hall–Kier alpha value is -4.16. The van der Waals surface area contributed by atoms with Gasteiger partial charge in [-0.1, -0.05) is 56.2 Å². The second-order valence-electron chi connectivity index (χ2n) is 10.8. The van der Waals surface area contributed by atoms with Crippen LogP contribution in [0.1, 0.15) is 86.1 Å². The maximum absolute atomic E-state index is 13.5. The van der Waals surface area contributed by atoms with Gasteiger partial charge in [0.1, 0.15) is 17.3 Å². The topological polar surface area (TPSA) is 64.3 Å². The highest BCUT2D eigenvalue weighted by Gasteiger charge is 2.36. The van der Waals surface area contributed by atoms with Crippen molar-refractivity contribution in [1.29, 1.82) is 0 Å². The Morgan fingerprint density at radius 1 is 1.11 bits per heavy atom. The van der Waals surface area contributed by atoms with E-state index in [1.807, 2.05) is 31.2 Å². The average Bonchev–Trinajstić information content (AvgIpc) is 3.75. The van der Waals surface area contributed by atoms with Gasteiger partial charge in [0.05, 0.1) is 18.4 Å². The number of carbonyl (C=O) groups is 1. The number of alkyl halides is 3. The summed E-state index contributed by atoms with van der Waals surface area (Å²) in [6.45, 7) is 5.50. The van der Waals surface area contributed by atoms with E-state index in [9.17, 15) is 27.5 Å². The maximum Gasteiger partial charge on any atom is 0.435 e. The van der Waals surface area contributed by atoms with Crippen molar-refractivity contribution < 1.29 is 32.2 Å². The van der Waals surface area contributed by atoms with Crippen molar-refractivity contribution >= 4 is 5.78 Å². The zero-order valence-corrected chi connectivity index (χ0v) is 26.3. The van der Waals surface area contributed by atoms with Crippen LogP contribution in [0.25, 0.3) is 5.69 Å². The normalized spacial score (nSPS) is 14.3. The second-order valence-corrected chi connectivity index (χ2v) is 10.8. The molecule has 0 amide bonds. The minimum atomic E-state index is -4.60. The number of allylic oxidation sites excluding steroid dienone is 3. The molecule has 1 aliphatic carbocycles. The number of benzene rings is 2. The smallest absolute Gasteiger partial charge is 0.435 e. The lowest BCUT2D eigenvalue weighted by molar-refractivity contribution is -0.141. The molecule has 2 aromatic carbocycles. The molecule has 1 saturated carbocycles. The number of hydrogen-bond acceptors (Lipinski definition) is 4. The van der Waals surface area contributed by atoms with Gasteiger partial charge in [0, 0.05) is 12.5 Å². The minimum Gasteiger partial charge on any atom is -0.497 e. The molecular formula is C36H42F4N2O3. The quantitative estimate of drug-likeness (QED) is 0.0943. The first-order valence-corrected chi connectivity index (χ1v) is 14.9. The van der Waals surface area contributed by atoms with Gasteiger partial charge in [-0.05, 0) is 86.9 Å². The molecule has 45 heavy (non-hydrogen) atoms. The Bertz CT molecular complexity index is 1450. The summed E-state index contributed by atoms with van der Waals surface area (Å²) < 4.78 is 58.1. The summed E-state index contributed by atoms with van der Waals surface area (Å²) in [5, 5.41) is 14.6. The Labute approximate surface area is 263 Å². The number of aromatic nitrogens is 2. The first kappa shape index (κ1) is 37.0. The number of carbonyl (C=O) groups excluding carboxylic acids is 1. The molecule has 9 heteroatoms. The van der Waals surface area contributed by atoms with E-state index < -0.39 is 17.5 Å². The third-order valence-electron chi connectivity index (χ3n) is 7.33. The molecule has 1 fully saturated rings. The van der Waals surface area contributed by atoms with Crippen LogP contribution in [-0.2, 0) is 11.8 Å². The number of terminal acetylenes is 1. The number of Topliss-reactive ketones (excluding diaryl/α,β-unsaturated/α-hetero) is 1. The highest BCUT2D eigenvalue weighted by atomic mass is 19.4. The Balaban J connectivity index is 0.000000297. The predicted octanol–water partition coefficient (Wildman–Crippen LogP) is 9.17. The first-order chi connectivity index (χ1) is 21.4. The number of aryl methyl sites for hydroxylation is 1. The zero-order chi connectivity index (χ0) is 33.6. The van der Waals surface area contributed by atoms with Crippen LogP contribution in [0.3, 0.4) is 0 Å². The minimum absolute atomic E-state index is 0.0701.